The summed E-state index contributed by atoms with van der Waals surface area (Å²) in [5, 5.41) is 4.84. The molecule has 8 aromatic carbocycles. The number of hydrogen-bond acceptors (Lipinski definition) is 1. The molecule has 2 heterocycles. The summed E-state index contributed by atoms with van der Waals surface area (Å²) in [5.74, 6) is 0. The molecule has 12 rings (SSSR count). The predicted octanol–water partition coefficient (Wildman–Crippen LogP) is 12.7. The standard InChI is InChI=1S/C49H29NO/c1-6-19-41-33(12-1)34-13-2-7-20-42(34)49(41)43-28-30(32-17-11-18-40-39-16-5-10-23-47(39)51-48(32)40)24-26-35(43)36-27-25-31(29-44(36)49)50-45-21-8-3-14-37(45)38-15-4-9-22-46(38)50/h1-29H. The van der Waals surface area contributed by atoms with Crippen LogP contribution in [0.15, 0.2) is 180 Å². The van der Waals surface area contributed by atoms with Crippen LogP contribution >= 0.6 is 0 Å². The molecule has 2 aromatic heterocycles. The fourth-order valence-corrected chi connectivity index (χ4v) is 9.61. The summed E-state index contributed by atoms with van der Waals surface area (Å²) >= 11 is 0. The maximum Gasteiger partial charge on any atom is 0.143 e. The van der Waals surface area contributed by atoms with Gasteiger partial charge in [-0.3, -0.25) is 0 Å². The van der Waals surface area contributed by atoms with Gasteiger partial charge in [0.1, 0.15) is 11.2 Å². The molecule has 2 heteroatoms. The van der Waals surface area contributed by atoms with Crippen LogP contribution < -0.4 is 0 Å². The molecule has 0 bridgehead atoms. The summed E-state index contributed by atoms with van der Waals surface area (Å²) in [6.45, 7) is 0. The fraction of sp³-hybridized carbons (Fsp3) is 0.0204. The van der Waals surface area contributed by atoms with Gasteiger partial charge in [-0.05, 0) is 86.5 Å². The molecule has 2 aliphatic carbocycles. The Kier molecular flexibility index (Phi) is 5.20. The van der Waals surface area contributed by atoms with Crippen molar-refractivity contribution in [2.45, 2.75) is 5.41 Å². The van der Waals surface area contributed by atoms with Crippen molar-refractivity contribution in [3.8, 4) is 39.1 Å². The van der Waals surface area contributed by atoms with Crippen LogP contribution in [0.5, 0.6) is 0 Å². The maximum atomic E-state index is 6.57. The number of para-hydroxylation sites is 4. The van der Waals surface area contributed by atoms with E-state index >= 15 is 0 Å². The SMILES string of the molecule is c1ccc2c(c1)-c1ccccc1C21c2cc(-c3cccc4c3oc3ccccc34)ccc2-c2ccc(-n3c4ccccc4c4ccccc43)cc21. The van der Waals surface area contributed by atoms with Gasteiger partial charge >= 0.3 is 0 Å². The van der Waals surface area contributed by atoms with Gasteiger partial charge in [-0.25, -0.2) is 0 Å². The van der Waals surface area contributed by atoms with E-state index in [1.54, 1.807) is 0 Å². The third-order valence-corrected chi connectivity index (χ3v) is 11.6. The third kappa shape index (κ3) is 3.37. The van der Waals surface area contributed by atoms with E-state index in [9.17, 15) is 0 Å². The lowest BCUT2D eigenvalue weighted by Crippen LogP contribution is -2.26. The molecule has 0 unspecified atom stereocenters. The lowest BCUT2D eigenvalue weighted by Gasteiger charge is -2.31. The monoisotopic (exact) mass is 647 g/mol. The minimum atomic E-state index is -0.482. The minimum Gasteiger partial charge on any atom is -0.455 e. The zero-order chi connectivity index (χ0) is 33.3. The first-order valence-electron chi connectivity index (χ1n) is 17.7. The lowest BCUT2D eigenvalue weighted by atomic mass is 9.70. The van der Waals surface area contributed by atoms with Crippen molar-refractivity contribution < 1.29 is 4.42 Å². The van der Waals surface area contributed by atoms with Crippen molar-refractivity contribution >= 4 is 43.7 Å². The summed E-state index contributed by atoms with van der Waals surface area (Å²) in [4.78, 5) is 0. The first-order valence-corrected chi connectivity index (χ1v) is 17.7. The van der Waals surface area contributed by atoms with Crippen LogP contribution in [-0.4, -0.2) is 4.57 Å². The van der Waals surface area contributed by atoms with Gasteiger partial charge in [-0.1, -0.05) is 140 Å². The average molecular weight is 648 g/mol. The molecule has 0 fully saturated rings. The highest BCUT2D eigenvalue weighted by molar-refractivity contribution is 6.11. The molecule has 236 valence electrons. The van der Waals surface area contributed by atoms with Gasteiger partial charge in [0, 0.05) is 32.8 Å². The Hall–Kier alpha value is -6.64. The van der Waals surface area contributed by atoms with Crippen LogP contribution in [0.2, 0.25) is 0 Å². The Bertz CT molecular complexity index is 3000. The molecule has 2 nitrogen and oxygen atoms in total. The van der Waals surface area contributed by atoms with Crippen LogP contribution in [-0.2, 0) is 5.41 Å². The largest absolute Gasteiger partial charge is 0.455 e. The molecule has 2 aliphatic rings. The number of fused-ring (bicyclic) bond motifs is 16. The minimum absolute atomic E-state index is 0.482. The molecule has 0 N–H and O–H groups in total. The number of rotatable bonds is 2. The molecule has 51 heavy (non-hydrogen) atoms. The molecular formula is C49H29NO. The van der Waals surface area contributed by atoms with Crippen molar-refractivity contribution in [2.24, 2.45) is 0 Å². The second-order valence-corrected chi connectivity index (χ2v) is 14.0. The van der Waals surface area contributed by atoms with Crippen LogP contribution in [0.3, 0.4) is 0 Å². The number of hydrogen-bond donors (Lipinski definition) is 0. The van der Waals surface area contributed by atoms with E-state index in [-0.39, 0.29) is 0 Å². The third-order valence-electron chi connectivity index (χ3n) is 11.6. The highest BCUT2D eigenvalue weighted by atomic mass is 16.3. The van der Waals surface area contributed by atoms with Gasteiger partial charge in [0.25, 0.3) is 0 Å². The zero-order valence-electron chi connectivity index (χ0n) is 27.6. The van der Waals surface area contributed by atoms with Gasteiger partial charge in [-0.15, -0.1) is 0 Å². The smallest absolute Gasteiger partial charge is 0.143 e. The van der Waals surface area contributed by atoms with E-state index in [2.05, 4.69) is 174 Å². The van der Waals surface area contributed by atoms with Gasteiger partial charge in [0.05, 0.1) is 16.4 Å². The van der Waals surface area contributed by atoms with E-state index < -0.39 is 5.41 Å². The Morgan fingerprint density at radius 1 is 0.373 bits per heavy atom. The second kappa shape index (κ2) is 9.74. The molecule has 0 saturated heterocycles. The van der Waals surface area contributed by atoms with E-state index in [0.717, 1.165) is 33.1 Å². The fourth-order valence-electron chi connectivity index (χ4n) is 9.61. The number of nitrogens with zero attached hydrogens (tertiary/aromatic N) is 1. The van der Waals surface area contributed by atoms with Gasteiger partial charge < -0.3 is 8.98 Å². The van der Waals surface area contributed by atoms with E-state index in [4.69, 9.17) is 4.42 Å². The van der Waals surface area contributed by atoms with Crippen molar-refractivity contribution in [1.29, 1.82) is 0 Å². The summed E-state index contributed by atoms with van der Waals surface area (Å²) in [7, 11) is 0. The number of furan rings is 1. The molecule has 1 spiro atoms. The van der Waals surface area contributed by atoms with Gasteiger partial charge in [0.2, 0.25) is 0 Å². The summed E-state index contributed by atoms with van der Waals surface area (Å²) in [6.07, 6.45) is 0. The van der Waals surface area contributed by atoms with Crippen LogP contribution in [0.4, 0.5) is 0 Å². The van der Waals surface area contributed by atoms with Crippen molar-refractivity contribution in [1.82, 2.24) is 4.57 Å². The van der Waals surface area contributed by atoms with Crippen LogP contribution in [0.25, 0.3) is 82.8 Å². The normalized spacial score (nSPS) is 13.6. The molecular weight excluding hydrogens is 619 g/mol. The van der Waals surface area contributed by atoms with E-state index in [0.29, 0.717) is 0 Å². The second-order valence-electron chi connectivity index (χ2n) is 14.0. The van der Waals surface area contributed by atoms with Crippen molar-refractivity contribution in [2.75, 3.05) is 0 Å². The van der Waals surface area contributed by atoms with E-state index in [1.807, 2.05) is 6.07 Å². The highest BCUT2D eigenvalue weighted by Gasteiger charge is 2.51. The summed E-state index contributed by atoms with van der Waals surface area (Å²) in [5.41, 5.74) is 17.8. The predicted molar refractivity (Wildman–Crippen MR) is 210 cm³/mol. The maximum absolute atomic E-state index is 6.57. The summed E-state index contributed by atoms with van der Waals surface area (Å²) in [6, 6.07) is 64.8. The Morgan fingerprint density at radius 3 is 1.63 bits per heavy atom. The van der Waals surface area contributed by atoms with Crippen LogP contribution in [0.1, 0.15) is 22.3 Å². The molecule has 0 atom stereocenters. The molecule has 0 amide bonds. The van der Waals surface area contributed by atoms with Gasteiger partial charge in [-0.2, -0.15) is 0 Å². The summed E-state index contributed by atoms with van der Waals surface area (Å²) < 4.78 is 9.02. The van der Waals surface area contributed by atoms with E-state index in [1.165, 1.54) is 72.0 Å². The molecule has 0 aliphatic heterocycles. The average Bonchev–Trinajstić information content (AvgIpc) is 3.91. The Balaban J connectivity index is 1.18. The van der Waals surface area contributed by atoms with Crippen LogP contribution in [0, 0.1) is 0 Å². The quantitative estimate of drug-likeness (QED) is 0.183. The highest BCUT2D eigenvalue weighted by Crippen LogP contribution is 2.63. The lowest BCUT2D eigenvalue weighted by molar-refractivity contribution is 0.670. The first-order chi connectivity index (χ1) is 25.3. The zero-order valence-corrected chi connectivity index (χ0v) is 27.6. The number of aromatic nitrogens is 1. The first kappa shape index (κ1) is 27.2. The van der Waals surface area contributed by atoms with Gasteiger partial charge in [0.15, 0.2) is 0 Å². The number of benzene rings is 8. The molecule has 0 radical (unpaired) electrons. The topological polar surface area (TPSA) is 18.1 Å². The molecule has 0 saturated carbocycles. The Morgan fingerprint density at radius 2 is 0.902 bits per heavy atom. The van der Waals surface area contributed by atoms with Crippen molar-refractivity contribution in [3.63, 3.8) is 0 Å². The van der Waals surface area contributed by atoms with Crippen molar-refractivity contribution in [3.05, 3.63) is 198 Å². The molecule has 10 aromatic rings. The Labute approximate surface area is 294 Å².